The van der Waals surface area contributed by atoms with Gasteiger partial charge in [-0.2, -0.15) is 0 Å². The minimum Gasteiger partial charge on any atom is -0.357 e. The summed E-state index contributed by atoms with van der Waals surface area (Å²) in [6.07, 6.45) is 1.47. The smallest absolute Gasteiger partial charge is 0.164 e. The Morgan fingerprint density at radius 2 is 1.68 bits per heavy atom. The summed E-state index contributed by atoms with van der Waals surface area (Å²) in [5, 5.41) is 0. The highest BCUT2D eigenvalue weighted by Gasteiger charge is 2.39. The molecule has 1 fully saturated rings. The van der Waals surface area contributed by atoms with Gasteiger partial charge in [0.1, 0.15) is 6.23 Å². The highest BCUT2D eigenvalue weighted by atomic mass is 16.5. The van der Waals surface area contributed by atoms with E-state index in [0.717, 1.165) is 18.5 Å². The summed E-state index contributed by atoms with van der Waals surface area (Å²) in [6, 6.07) is 26.9. The van der Waals surface area contributed by atoms with Gasteiger partial charge in [-0.05, 0) is 34.7 Å². The Labute approximate surface area is 165 Å². The van der Waals surface area contributed by atoms with Gasteiger partial charge in [-0.1, -0.05) is 72.8 Å². The fraction of sp³-hybridized carbons (Fsp3) is 0.240. The first-order chi connectivity index (χ1) is 13.8. The molecular formula is C25H23NO2. The maximum atomic E-state index is 12.7. The van der Waals surface area contributed by atoms with Crippen molar-refractivity contribution in [3.63, 3.8) is 0 Å². The van der Waals surface area contributed by atoms with E-state index in [2.05, 4.69) is 47.4 Å². The molecule has 2 atom stereocenters. The van der Waals surface area contributed by atoms with Gasteiger partial charge in [0.2, 0.25) is 0 Å². The summed E-state index contributed by atoms with van der Waals surface area (Å²) in [5.74, 6) is 0.193. The SMILES string of the molecule is O=C(CC1COC2c3cc(-c4ccccc4)ccc3CCN12)c1ccccc1. The molecule has 0 amide bonds. The summed E-state index contributed by atoms with van der Waals surface area (Å²) in [6.45, 7) is 1.55. The molecule has 0 radical (unpaired) electrons. The van der Waals surface area contributed by atoms with Gasteiger partial charge in [0.05, 0.1) is 6.61 Å². The number of carbonyl (C=O) groups is 1. The van der Waals surface area contributed by atoms with Crippen molar-refractivity contribution in [2.24, 2.45) is 0 Å². The average Bonchev–Trinajstić information content (AvgIpc) is 3.18. The van der Waals surface area contributed by atoms with Crippen molar-refractivity contribution < 1.29 is 9.53 Å². The molecule has 28 heavy (non-hydrogen) atoms. The molecule has 1 saturated heterocycles. The third-order valence-corrected chi connectivity index (χ3v) is 5.89. The zero-order chi connectivity index (χ0) is 18.9. The van der Waals surface area contributed by atoms with Crippen LogP contribution in [0, 0.1) is 0 Å². The van der Waals surface area contributed by atoms with Crippen LogP contribution in [0.5, 0.6) is 0 Å². The van der Waals surface area contributed by atoms with Crippen molar-refractivity contribution in [2.75, 3.05) is 13.2 Å². The Morgan fingerprint density at radius 1 is 0.929 bits per heavy atom. The Kier molecular flexibility index (Phi) is 4.55. The number of benzene rings is 3. The van der Waals surface area contributed by atoms with E-state index in [9.17, 15) is 4.79 Å². The molecule has 0 bridgehead atoms. The number of rotatable bonds is 4. The minimum absolute atomic E-state index is 0.0408. The molecule has 3 nitrogen and oxygen atoms in total. The van der Waals surface area contributed by atoms with Crippen LogP contribution in [-0.2, 0) is 11.2 Å². The van der Waals surface area contributed by atoms with Crippen molar-refractivity contribution in [1.82, 2.24) is 4.90 Å². The third-order valence-electron chi connectivity index (χ3n) is 5.89. The highest BCUT2D eigenvalue weighted by Crippen LogP contribution is 2.39. The first-order valence-electron chi connectivity index (χ1n) is 9.93. The summed E-state index contributed by atoms with van der Waals surface area (Å²) in [5.41, 5.74) is 5.83. The molecule has 140 valence electrons. The number of ether oxygens (including phenoxy) is 1. The van der Waals surface area contributed by atoms with E-state index in [1.54, 1.807) is 0 Å². The predicted octanol–water partition coefficient (Wildman–Crippen LogP) is 4.88. The number of ketones is 1. The summed E-state index contributed by atoms with van der Waals surface area (Å²) in [4.78, 5) is 15.1. The van der Waals surface area contributed by atoms with Crippen LogP contribution in [0.1, 0.15) is 34.1 Å². The molecular weight excluding hydrogens is 346 g/mol. The van der Waals surface area contributed by atoms with Crippen LogP contribution in [0.4, 0.5) is 0 Å². The average molecular weight is 369 g/mol. The summed E-state index contributed by atoms with van der Waals surface area (Å²) < 4.78 is 6.20. The first-order valence-corrected chi connectivity index (χ1v) is 9.93. The highest BCUT2D eigenvalue weighted by molar-refractivity contribution is 5.96. The van der Waals surface area contributed by atoms with Crippen LogP contribution >= 0.6 is 0 Å². The van der Waals surface area contributed by atoms with Crippen LogP contribution in [0.15, 0.2) is 78.9 Å². The second-order valence-corrected chi connectivity index (χ2v) is 7.60. The van der Waals surface area contributed by atoms with E-state index < -0.39 is 0 Å². The molecule has 0 saturated carbocycles. The fourth-order valence-corrected chi connectivity index (χ4v) is 4.40. The van der Waals surface area contributed by atoms with E-state index in [1.165, 1.54) is 22.3 Å². The van der Waals surface area contributed by atoms with Gasteiger partial charge < -0.3 is 4.74 Å². The molecule has 0 aliphatic carbocycles. The van der Waals surface area contributed by atoms with Gasteiger partial charge >= 0.3 is 0 Å². The van der Waals surface area contributed by atoms with Crippen LogP contribution in [0.2, 0.25) is 0 Å². The van der Waals surface area contributed by atoms with E-state index >= 15 is 0 Å². The van der Waals surface area contributed by atoms with E-state index in [4.69, 9.17) is 4.74 Å². The van der Waals surface area contributed by atoms with Gasteiger partial charge in [-0.15, -0.1) is 0 Å². The number of carbonyl (C=O) groups excluding carboxylic acids is 1. The number of fused-ring (bicyclic) bond motifs is 3. The minimum atomic E-state index is -0.0408. The molecule has 3 aromatic rings. The van der Waals surface area contributed by atoms with Gasteiger partial charge in [0.25, 0.3) is 0 Å². The predicted molar refractivity (Wildman–Crippen MR) is 110 cm³/mol. The molecule has 3 heteroatoms. The monoisotopic (exact) mass is 369 g/mol. The molecule has 5 rings (SSSR count). The number of hydrogen-bond donors (Lipinski definition) is 0. The Balaban J connectivity index is 1.38. The van der Waals surface area contributed by atoms with Gasteiger partial charge in [0.15, 0.2) is 5.78 Å². The van der Waals surface area contributed by atoms with Crippen molar-refractivity contribution in [1.29, 1.82) is 0 Å². The topological polar surface area (TPSA) is 29.5 Å². The standard InChI is InChI=1S/C25H23NO2/c27-24(20-9-5-2-6-10-20)16-22-17-28-25-23-15-21(18-7-3-1-4-8-18)12-11-19(23)13-14-26(22)25/h1-12,15,22,25H,13-14,16-17H2. The van der Waals surface area contributed by atoms with Gasteiger partial charge in [-0.3, -0.25) is 9.69 Å². The summed E-state index contributed by atoms with van der Waals surface area (Å²) in [7, 11) is 0. The molecule has 2 aliphatic rings. The Morgan fingerprint density at radius 3 is 2.46 bits per heavy atom. The zero-order valence-electron chi connectivity index (χ0n) is 15.8. The zero-order valence-corrected chi connectivity index (χ0v) is 15.8. The lowest BCUT2D eigenvalue weighted by molar-refractivity contribution is 0.0216. The molecule has 0 N–H and O–H groups in total. The fourth-order valence-electron chi connectivity index (χ4n) is 4.40. The lowest BCUT2D eigenvalue weighted by Gasteiger charge is -2.33. The van der Waals surface area contributed by atoms with E-state index in [0.29, 0.717) is 13.0 Å². The molecule has 2 aliphatic heterocycles. The molecule has 0 aromatic heterocycles. The van der Waals surface area contributed by atoms with Crippen LogP contribution in [-0.4, -0.2) is 29.9 Å². The number of hydrogen-bond acceptors (Lipinski definition) is 3. The second kappa shape index (κ2) is 7.34. The lowest BCUT2D eigenvalue weighted by atomic mass is 9.93. The Hall–Kier alpha value is -2.75. The third kappa shape index (κ3) is 3.17. The van der Waals surface area contributed by atoms with Gasteiger partial charge in [0, 0.05) is 24.6 Å². The number of Topliss-reactive ketones (excluding diaryl/α,β-unsaturated/α-hetero) is 1. The quantitative estimate of drug-likeness (QED) is 0.614. The van der Waals surface area contributed by atoms with Gasteiger partial charge in [-0.25, -0.2) is 0 Å². The molecule has 0 spiro atoms. The lowest BCUT2D eigenvalue weighted by Crippen LogP contribution is -2.39. The molecule has 3 aromatic carbocycles. The second-order valence-electron chi connectivity index (χ2n) is 7.60. The van der Waals surface area contributed by atoms with E-state index in [-0.39, 0.29) is 18.1 Å². The first kappa shape index (κ1) is 17.4. The number of nitrogens with zero attached hydrogens (tertiary/aromatic N) is 1. The molecule has 2 heterocycles. The Bertz CT molecular complexity index is 984. The van der Waals surface area contributed by atoms with Crippen molar-refractivity contribution >= 4 is 5.78 Å². The maximum Gasteiger partial charge on any atom is 0.164 e. The van der Waals surface area contributed by atoms with Crippen molar-refractivity contribution in [3.05, 3.63) is 95.6 Å². The van der Waals surface area contributed by atoms with Crippen LogP contribution in [0.3, 0.4) is 0 Å². The largest absolute Gasteiger partial charge is 0.357 e. The molecule has 2 unspecified atom stereocenters. The normalized spacial score (nSPS) is 21.1. The van der Waals surface area contributed by atoms with Crippen molar-refractivity contribution in [2.45, 2.75) is 25.1 Å². The van der Waals surface area contributed by atoms with Crippen molar-refractivity contribution in [3.8, 4) is 11.1 Å². The summed E-state index contributed by atoms with van der Waals surface area (Å²) >= 11 is 0. The van der Waals surface area contributed by atoms with Crippen LogP contribution < -0.4 is 0 Å². The van der Waals surface area contributed by atoms with Crippen LogP contribution in [0.25, 0.3) is 11.1 Å². The van der Waals surface area contributed by atoms with E-state index in [1.807, 2.05) is 36.4 Å². The maximum absolute atomic E-state index is 12.7.